The van der Waals surface area contributed by atoms with Crippen molar-refractivity contribution in [1.29, 1.82) is 0 Å². The fourth-order valence-electron chi connectivity index (χ4n) is 2.82. The maximum atomic E-state index is 12.9. The van der Waals surface area contributed by atoms with E-state index in [-0.39, 0.29) is 10.8 Å². The number of sulfonamides is 1. The number of halogens is 1. The lowest BCUT2D eigenvalue weighted by atomic mass is 10.2. The lowest BCUT2D eigenvalue weighted by Gasteiger charge is -2.23. The number of carbonyl (C=O) groups is 1. The first-order chi connectivity index (χ1) is 11.9. The topological polar surface area (TPSA) is 79.4 Å². The minimum absolute atomic E-state index is 0.200. The first-order valence-electron chi connectivity index (χ1n) is 7.84. The van der Waals surface area contributed by atoms with Crippen LogP contribution in [0.25, 0.3) is 0 Å². The summed E-state index contributed by atoms with van der Waals surface area (Å²) in [5, 5.41) is 5.63. The summed E-state index contributed by atoms with van der Waals surface area (Å²) in [6, 6.07) is 5.79. The molecule has 1 aliphatic heterocycles. The number of nitrogens with one attached hydrogen (secondary N) is 1. The Morgan fingerprint density at radius 2 is 2.12 bits per heavy atom. The van der Waals surface area contributed by atoms with Crippen LogP contribution in [0.1, 0.15) is 23.5 Å². The summed E-state index contributed by atoms with van der Waals surface area (Å²) in [5.74, 6) is -0.274. The highest BCUT2D eigenvalue weighted by Gasteiger charge is 2.39. The zero-order valence-corrected chi connectivity index (χ0v) is 16.8. The molecule has 1 N–H and O–H groups in total. The molecule has 0 aliphatic carbocycles. The quantitative estimate of drug-likeness (QED) is 0.769. The van der Waals surface area contributed by atoms with Gasteiger partial charge < -0.3 is 5.32 Å². The van der Waals surface area contributed by atoms with Crippen molar-refractivity contribution in [1.82, 2.24) is 14.6 Å². The maximum absolute atomic E-state index is 12.9. The van der Waals surface area contributed by atoms with E-state index in [9.17, 15) is 13.2 Å². The number of benzene rings is 1. The molecule has 25 heavy (non-hydrogen) atoms. The number of carbonyl (C=O) groups excluding carboxylic acids is 1. The molecule has 1 saturated heterocycles. The largest absolute Gasteiger partial charge is 0.349 e. The summed E-state index contributed by atoms with van der Waals surface area (Å²) in [6.45, 7) is 2.57. The van der Waals surface area contributed by atoms with Crippen LogP contribution in [0.4, 0.5) is 0 Å². The van der Waals surface area contributed by atoms with Crippen LogP contribution in [-0.4, -0.2) is 36.2 Å². The van der Waals surface area contributed by atoms with E-state index in [1.165, 1.54) is 15.6 Å². The predicted octanol–water partition coefficient (Wildman–Crippen LogP) is 2.68. The molecule has 1 fully saturated rings. The summed E-state index contributed by atoms with van der Waals surface area (Å²) >= 11 is 4.82. The van der Waals surface area contributed by atoms with Gasteiger partial charge in [-0.05, 0) is 44.0 Å². The summed E-state index contributed by atoms with van der Waals surface area (Å²) in [6.07, 6.45) is 1.20. The summed E-state index contributed by atoms with van der Waals surface area (Å²) in [4.78, 5) is 17.0. The Bertz CT molecular complexity index is 865. The van der Waals surface area contributed by atoms with E-state index in [1.807, 2.05) is 12.3 Å². The normalized spacial score (nSPS) is 18.4. The van der Waals surface area contributed by atoms with Gasteiger partial charge in [0.25, 0.3) is 0 Å². The summed E-state index contributed by atoms with van der Waals surface area (Å²) in [5.41, 5.74) is 0.788. The fraction of sp³-hybridized carbons (Fsp3) is 0.375. The SMILES string of the molecule is Cc1nc(CNC(=O)[C@H]2CCCN2S(=O)(=O)c2ccc(Br)cc2)cs1. The van der Waals surface area contributed by atoms with Gasteiger partial charge in [-0.1, -0.05) is 15.9 Å². The van der Waals surface area contributed by atoms with Crippen molar-refractivity contribution in [3.63, 3.8) is 0 Å². The molecule has 1 atom stereocenters. The first-order valence-corrected chi connectivity index (χ1v) is 11.0. The van der Waals surface area contributed by atoms with Crippen molar-refractivity contribution in [3.05, 3.63) is 44.8 Å². The second-order valence-electron chi connectivity index (χ2n) is 5.80. The van der Waals surface area contributed by atoms with Crippen LogP contribution in [0.3, 0.4) is 0 Å². The molecule has 0 unspecified atom stereocenters. The Morgan fingerprint density at radius 3 is 2.76 bits per heavy atom. The zero-order valence-electron chi connectivity index (χ0n) is 13.6. The van der Waals surface area contributed by atoms with Gasteiger partial charge in [-0.25, -0.2) is 13.4 Å². The smallest absolute Gasteiger partial charge is 0.243 e. The van der Waals surface area contributed by atoms with Crippen LogP contribution in [0.2, 0.25) is 0 Å². The van der Waals surface area contributed by atoms with E-state index < -0.39 is 16.1 Å². The molecule has 3 rings (SSSR count). The van der Waals surface area contributed by atoms with Crippen LogP contribution in [0.5, 0.6) is 0 Å². The number of thiazole rings is 1. The highest BCUT2D eigenvalue weighted by molar-refractivity contribution is 9.10. The van der Waals surface area contributed by atoms with Crippen molar-refractivity contribution < 1.29 is 13.2 Å². The van der Waals surface area contributed by atoms with Gasteiger partial charge >= 0.3 is 0 Å². The molecule has 1 aromatic carbocycles. The average Bonchev–Trinajstić information content (AvgIpc) is 3.22. The Labute approximate surface area is 159 Å². The monoisotopic (exact) mass is 443 g/mol. The Hall–Kier alpha value is -1.29. The lowest BCUT2D eigenvalue weighted by molar-refractivity contribution is -0.124. The van der Waals surface area contributed by atoms with E-state index >= 15 is 0 Å². The van der Waals surface area contributed by atoms with E-state index in [2.05, 4.69) is 26.2 Å². The minimum atomic E-state index is -3.69. The van der Waals surface area contributed by atoms with Crippen LogP contribution >= 0.6 is 27.3 Å². The standard InChI is InChI=1S/C16H18BrN3O3S2/c1-11-19-13(10-24-11)9-18-16(21)15-3-2-8-20(15)25(22,23)14-6-4-12(17)5-7-14/h4-7,10,15H,2-3,8-9H2,1H3,(H,18,21)/t15-/m1/s1. The van der Waals surface area contributed by atoms with Crippen molar-refractivity contribution in [2.45, 2.75) is 37.2 Å². The molecule has 0 saturated carbocycles. The molecule has 1 aromatic heterocycles. The van der Waals surface area contributed by atoms with Crippen molar-refractivity contribution in [2.24, 2.45) is 0 Å². The zero-order chi connectivity index (χ0) is 18.0. The molecular weight excluding hydrogens is 426 g/mol. The third-order valence-corrected chi connectivity index (χ3v) is 7.31. The molecule has 1 aliphatic rings. The third-order valence-electron chi connectivity index (χ3n) is 4.04. The van der Waals surface area contributed by atoms with Gasteiger partial charge in [0.1, 0.15) is 6.04 Å². The first kappa shape index (κ1) is 18.5. The van der Waals surface area contributed by atoms with Gasteiger partial charge in [-0.3, -0.25) is 4.79 Å². The minimum Gasteiger partial charge on any atom is -0.349 e. The van der Waals surface area contributed by atoms with Crippen molar-refractivity contribution in [2.75, 3.05) is 6.54 Å². The number of nitrogens with zero attached hydrogens (tertiary/aromatic N) is 2. The second kappa shape index (κ2) is 7.53. The molecule has 1 amide bonds. The van der Waals surface area contributed by atoms with E-state index in [1.54, 1.807) is 24.3 Å². The van der Waals surface area contributed by atoms with Gasteiger partial charge in [-0.2, -0.15) is 4.31 Å². The average molecular weight is 444 g/mol. The molecule has 134 valence electrons. The third kappa shape index (κ3) is 4.11. The summed E-state index contributed by atoms with van der Waals surface area (Å²) < 4.78 is 27.8. The Balaban J connectivity index is 1.72. The van der Waals surface area contributed by atoms with E-state index in [0.29, 0.717) is 25.9 Å². The Morgan fingerprint density at radius 1 is 1.40 bits per heavy atom. The number of hydrogen-bond acceptors (Lipinski definition) is 5. The molecule has 6 nitrogen and oxygen atoms in total. The number of rotatable bonds is 5. The highest BCUT2D eigenvalue weighted by Crippen LogP contribution is 2.27. The number of hydrogen-bond donors (Lipinski definition) is 1. The number of aryl methyl sites for hydroxylation is 1. The van der Waals surface area contributed by atoms with Crippen molar-refractivity contribution >= 4 is 43.2 Å². The van der Waals surface area contributed by atoms with Gasteiger partial charge in [0.05, 0.1) is 22.1 Å². The second-order valence-corrected chi connectivity index (χ2v) is 9.67. The molecule has 9 heteroatoms. The fourth-order valence-corrected chi connectivity index (χ4v) is 5.35. The molecule has 2 aromatic rings. The molecule has 0 bridgehead atoms. The van der Waals surface area contributed by atoms with Gasteiger partial charge in [0.2, 0.25) is 15.9 Å². The van der Waals surface area contributed by atoms with Gasteiger partial charge in [-0.15, -0.1) is 11.3 Å². The van der Waals surface area contributed by atoms with Gasteiger partial charge in [0.15, 0.2) is 0 Å². The summed E-state index contributed by atoms with van der Waals surface area (Å²) in [7, 11) is -3.69. The van der Waals surface area contributed by atoms with Gasteiger partial charge in [0, 0.05) is 16.4 Å². The molecule has 0 spiro atoms. The van der Waals surface area contributed by atoms with E-state index in [0.717, 1.165) is 15.2 Å². The molecule has 0 radical (unpaired) electrons. The van der Waals surface area contributed by atoms with Crippen LogP contribution in [-0.2, 0) is 21.4 Å². The van der Waals surface area contributed by atoms with Crippen LogP contribution < -0.4 is 5.32 Å². The Kier molecular flexibility index (Phi) is 5.57. The maximum Gasteiger partial charge on any atom is 0.243 e. The number of amides is 1. The molecule has 2 heterocycles. The van der Waals surface area contributed by atoms with Crippen molar-refractivity contribution in [3.8, 4) is 0 Å². The van der Waals surface area contributed by atoms with E-state index in [4.69, 9.17) is 0 Å². The molecular formula is C16H18BrN3O3S2. The lowest BCUT2D eigenvalue weighted by Crippen LogP contribution is -2.45. The predicted molar refractivity (Wildman–Crippen MR) is 99.8 cm³/mol. The number of aromatic nitrogens is 1. The highest BCUT2D eigenvalue weighted by atomic mass is 79.9. The van der Waals surface area contributed by atoms with Crippen LogP contribution in [0, 0.1) is 6.92 Å². The van der Waals surface area contributed by atoms with Crippen LogP contribution in [0.15, 0.2) is 39.0 Å².